The molecule has 212 valence electrons. The maximum absolute atomic E-state index is 15.0. The monoisotopic (exact) mass is 572 g/mol. The second-order valence-electron chi connectivity index (χ2n) is 10.2. The van der Waals surface area contributed by atoms with Gasteiger partial charge >= 0.3 is 18.2 Å². The van der Waals surface area contributed by atoms with E-state index in [2.05, 4.69) is 15.0 Å². The van der Waals surface area contributed by atoms with Crippen LogP contribution in [0.1, 0.15) is 16.8 Å². The molecule has 1 N–H and O–H groups in total. The van der Waals surface area contributed by atoms with Crippen LogP contribution in [0.15, 0.2) is 48.9 Å². The van der Waals surface area contributed by atoms with Gasteiger partial charge in [0.05, 0.1) is 23.0 Å². The van der Waals surface area contributed by atoms with Gasteiger partial charge in [-0.05, 0) is 35.4 Å². The minimum Gasteiger partial charge on any atom is -0.348 e. The number of ether oxygens (including phenoxy) is 1. The number of benzene rings is 1. The summed E-state index contributed by atoms with van der Waals surface area (Å²) in [5.41, 5.74) is 3.86. The number of urea groups is 1. The summed E-state index contributed by atoms with van der Waals surface area (Å²) in [4.78, 5) is 32.0. The number of halogens is 5. The Kier molecular flexibility index (Phi) is 5.45. The number of pyridine rings is 1. The van der Waals surface area contributed by atoms with Crippen molar-refractivity contribution in [3.63, 3.8) is 0 Å². The van der Waals surface area contributed by atoms with Crippen molar-refractivity contribution >= 4 is 39.6 Å². The van der Waals surface area contributed by atoms with Crippen LogP contribution in [-0.2, 0) is 22.6 Å². The smallest absolute Gasteiger partial charge is 0.348 e. The van der Waals surface area contributed by atoms with E-state index in [1.54, 1.807) is 27.6 Å². The van der Waals surface area contributed by atoms with E-state index in [1.807, 2.05) is 18.2 Å². The fraction of sp³-hybridized carbons (Fsp3) is 0.296. The number of hydrogen-bond donors (Lipinski definition) is 1. The number of nitrogens with one attached hydrogen (secondary N) is 1. The van der Waals surface area contributed by atoms with E-state index >= 15 is 4.39 Å². The van der Waals surface area contributed by atoms with E-state index in [-0.39, 0.29) is 32.1 Å². The summed E-state index contributed by atoms with van der Waals surface area (Å²) in [5.74, 6) is -0.911. The summed E-state index contributed by atoms with van der Waals surface area (Å²) in [6.07, 6.45) is -3.27. The van der Waals surface area contributed by atoms with Gasteiger partial charge in [0.25, 0.3) is 5.91 Å². The molecule has 0 saturated carbocycles. The highest BCUT2D eigenvalue weighted by atomic mass is 19.3. The molecule has 0 radical (unpaired) electrons. The predicted octanol–water partition coefficient (Wildman–Crippen LogP) is 3.92. The lowest BCUT2D eigenvalue weighted by Crippen LogP contribution is -2.59. The summed E-state index contributed by atoms with van der Waals surface area (Å²) >= 11 is 0. The molecule has 3 aromatic heterocycles. The number of imidazole rings is 1. The van der Waals surface area contributed by atoms with Crippen molar-refractivity contribution < 1.29 is 36.3 Å². The average molecular weight is 572 g/mol. The minimum atomic E-state index is -4.21. The number of rotatable bonds is 2. The first-order valence-electron chi connectivity index (χ1n) is 12.7. The Morgan fingerprint density at radius 2 is 1.83 bits per heavy atom. The zero-order valence-corrected chi connectivity index (χ0v) is 21.2. The molecule has 9 nitrogen and oxygen atoms in total. The number of fused-ring (bicyclic) bond motifs is 1. The molecule has 1 aromatic carbocycles. The Labute approximate surface area is 228 Å². The maximum atomic E-state index is 15.0. The molecule has 7 rings (SSSR count). The fourth-order valence-electron chi connectivity index (χ4n) is 5.92. The van der Waals surface area contributed by atoms with Crippen molar-refractivity contribution in [2.45, 2.75) is 25.3 Å². The molecule has 3 aliphatic heterocycles. The van der Waals surface area contributed by atoms with Crippen molar-refractivity contribution in [2.75, 3.05) is 26.2 Å². The molecule has 41 heavy (non-hydrogen) atoms. The van der Waals surface area contributed by atoms with Crippen LogP contribution in [0, 0.1) is 5.82 Å². The van der Waals surface area contributed by atoms with E-state index in [9.17, 15) is 27.2 Å². The molecule has 1 fully saturated rings. The second-order valence-corrected chi connectivity index (χ2v) is 10.2. The summed E-state index contributed by atoms with van der Waals surface area (Å²) < 4.78 is 77.3. The number of aromatic nitrogens is 3. The first kappa shape index (κ1) is 25.5. The number of carbonyl (C=O) groups excluding carboxylic acids is 2. The van der Waals surface area contributed by atoms with Gasteiger partial charge in [-0.25, -0.2) is 14.2 Å². The normalized spacial score (nSPS) is 20.2. The number of morpholine rings is 1. The zero-order valence-electron chi connectivity index (χ0n) is 21.2. The number of amides is 3. The summed E-state index contributed by atoms with van der Waals surface area (Å²) in [7, 11) is 0. The standard InChI is InChI=1S/C27H21F5N6O3/c28-16-7-15-11-36(25(40)37-13-26(29,30)41-27(31,32)14-37)6-5-35-12-19(17(8-16)23(15)35)18-9-34-24(39)22(18)20-10-33-21-3-1-2-4-38(20)21/h1-4,7-8,10,12H,5-6,9,11,13-14H2,(H,34,39). The van der Waals surface area contributed by atoms with Crippen LogP contribution in [0.2, 0.25) is 0 Å². The largest absolute Gasteiger partial charge is 0.377 e. The lowest BCUT2D eigenvalue weighted by molar-refractivity contribution is -0.400. The van der Waals surface area contributed by atoms with Gasteiger partial charge < -0.3 is 19.7 Å². The zero-order chi connectivity index (χ0) is 28.7. The Morgan fingerprint density at radius 1 is 1.05 bits per heavy atom. The van der Waals surface area contributed by atoms with Crippen molar-refractivity contribution in [3.8, 4) is 0 Å². The first-order chi connectivity index (χ1) is 19.5. The predicted molar refractivity (Wildman–Crippen MR) is 135 cm³/mol. The van der Waals surface area contributed by atoms with Gasteiger partial charge in [-0.2, -0.15) is 17.6 Å². The van der Waals surface area contributed by atoms with Crippen LogP contribution in [0.4, 0.5) is 26.7 Å². The van der Waals surface area contributed by atoms with Gasteiger partial charge in [0.1, 0.15) is 24.6 Å². The lowest BCUT2D eigenvalue weighted by Gasteiger charge is -2.39. The highest BCUT2D eigenvalue weighted by molar-refractivity contribution is 6.31. The Bertz CT molecular complexity index is 1780. The summed E-state index contributed by atoms with van der Waals surface area (Å²) in [6.45, 7) is -2.48. The number of nitrogens with zero attached hydrogens (tertiary/aromatic N) is 5. The highest BCUT2D eigenvalue weighted by Gasteiger charge is 2.53. The van der Waals surface area contributed by atoms with E-state index in [0.29, 0.717) is 49.4 Å². The van der Waals surface area contributed by atoms with Crippen LogP contribution in [0.5, 0.6) is 0 Å². The van der Waals surface area contributed by atoms with Gasteiger partial charge in [0.15, 0.2) is 0 Å². The van der Waals surface area contributed by atoms with Crippen LogP contribution >= 0.6 is 0 Å². The molecular weight excluding hydrogens is 551 g/mol. The van der Waals surface area contributed by atoms with Crippen molar-refractivity contribution in [1.29, 1.82) is 0 Å². The summed E-state index contributed by atoms with van der Waals surface area (Å²) in [6, 6.07) is 7.00. The number of alkyl halides is 4. The maximum Gasteiger partial charge on any atom is 0.377 e. The number of carbonyl (C=O) groups is 2. The summed E-state index contributed by atoms with van der Waals surface area (Å²) in [5, 5.41) is 3.34. The van der Waals surface area contributed by atoms with Gasteiger partial charge in [-0.1, -0.05) is 6.07 Å². The molecule has 0 bridgehead atoms. The highest BCUT2D eigenvalue weighted by Crippen LogP contribution is 2.39. The average Bonchev–Trinajstić information content (AvgIpc) is 3.55. The molecule has 3 amide bonds. The Morgan fingerprint density at radius 3 is 2.61 bits per heavy atom. The Balaban J connectivity index is 1.29. The third-order valence-electron chi connectivity index (χ3n) is 7.53. The molecule has 0 atom stereocenters. The van der Waals surface area contributed by atoms with Crippen LogP contribution < -0.4 is 5.32 Å². The molecule has 0 aliphatic carbocycles. The van der Waals surface area contributed by atoms with E-state index in [0.717, 1.165) is 4.90 Å². The molecule has 6 heterocycles. The van der Waals surface area contributed by atoms with Crippen LogP contribution in [0.25, 0.3) is 27.7 Å². The first-order valence-corrected chi connectivity index (χ1v) is 12.7. The third-order valence-corrected chi connectivity index (χ3v) is 7.53. The van der Waals surface area contributed by atoms with Gasteiger partial charge in [-0.3, -0.25) is 13.9 Å². The van der Waals surface area contributed by atoms with E-state index in [1.165, 1.54) is 12.1 Å². The van der Waals surface area contributed by atoms with E-state index < -0.39 is 37.2 Å². The Hall–Kier alpha value is -4.46. The van der Waals surface area contributed by atoms with E-state index in [4.69, 9.17) is 0 Å². The lowest BCUT2D eigenvalue weighted by atomic mass is 9.98. The molecule has 0 spiro atoms. The molecule has 14 heteroatoms. The second kappa shape index (κ2) is 8.77. The van der Waals surface area contributed by atoms with Gasteiger partial charge in [-0.15, -0.1) is 0 Å². The van der Waals surface area contributed by atoms with Crippen molar-refractivity contribution in [2.24, 2.45) is 0 Å². The molecular formula is C27H21F5N6O3. The minimum absolute atomic E-state index is 0.0107. The van der Waals surface area contributed by atoms with Crippen molar-refractivity contribution in [3.05, 3.63) is 71.6 Å². The van der Waals surface area contributed by atoms with Gasteiger partial charge in [0, 0.05) is 49.5 Å². The topological polar surface area (TPSA) is 84.1 Å². The van der Waals surface area contributed by atoms with Crippen molar-refractivity contribution in [1.82, 2.24) is 29.1 Å². The quantitative estimate of drug-likeness (QED) is 0.369. The third kappa shape index (κ3) is 4.20. The van der Waals surface area contributed by atoms with Crippen LogP contribution in [0.3, 0.4) is 0 Å². The SMILES string of the molecule is O=C1NCC(c2cn3c4c(cc(F)cc24)CN(C(=O)N2CC(F)(F)OC(F)(F)C2)CC3)=C1c1cnc2ccccn12. The molecule has 1 saturated heterocycles. The number of hydrogen-bond acceptors (Lipinski definition) is 4. The fourth-order valence-corrected chi connectivity index (χ4v) is 5.92. The molecule has 4 aromatic rings. The molecule has 3 aliphatic rings. The van der Waals surface area contributed by atoms with Crippen LogP contribution in [-0.4, -0.2) is 74.1 Å². The molecule has 0 unspecified atom stereocenters. The van der Waals surface area contributed by atoms with Gasteiger partial charge in [0.2, 0.25) is 0 Å².